The smallest absolute Gasteiger partial charge is 0.0829 e. The number of hydrogen-bond acceptors (Lipinski definition) is 4. The lowest BCUT2D eigenvalue weighted by molar-refractivity contribution is -0.0637. The van der Waals surface area contributed by atoms with Crippen LogP contribution in [0.3, 0.4) is 0 Å². The SMILES string of the molecule is CC(C)N1CCOC(CN(C)C(C)(C)CO)C1. The zero-order chi connectivity index (χ0) is 13.1. The quantitative estimate of drug-likeness (QED) is 0.776. The van der Waals surface area contributed by atoms with Crippen LogP contribution in [0.2, 0.25) is 0 Å². The summed E-state index contributed by atoms with van der Waals surface area (Å²) in [5.74, 6) is 0. The average molecular weight is 244 g/mol. The molecule has 1 aliphatic rings. The Hall–Kier alpha value is -0.160. The van der Waals surface area contributed by atoms with Gasteiger partial charge in [-0.1, -0.05) is 0 Å². The van der Waals surface area contributed by atoms with Crippen molar-refractivity contribution in [3.05, 3.63) is 0 Å². The molecule has 0 aliphatic carbocycles. The molecule has 0 aromatic carbocycles. The summed E-state index contributed by atoms with van der Waals surface area (Å²) in [6.45, 7) is 12.4. The number of ether oxygens (including phenoxy) is 1. The van der Waals surface area contributed by atoms with Crippen molar-refractivity contribution in [2.75, 3.05) is 39.9 Å². The molecule has 1 heterocycles. The van der Waals surface area contributed by atoms with E-state index >= 15 is 0 Å². The Labute approximate surface area is 106 Å². The number of morpholine rings is 1. The molecule has 1 rings (SSSR count). The summed E-state index contributed by atoms with van der Waals surface area (Å²) >= 11 is 0. The highest BCUT2D eigenvalue weighted by atomic mass is 16.5. The third-order valence-corrected chi connectivity index (χ3v) is 3.80. The van der Waals surface area contributed by atoms with Crippen molar-refractivity contribution in [1.29, 1.82) is 0 Å². The van der Waals surface area contributed by atoms with E-state index in [1.807, 2.05) is 7.05 Å². The molecule has 0 spiro atoms. The third-order valence-electron chi connectivity index (χ3n) is 3.80. The number of nitrogens with zero attached hydrogens (tertiary/aromatic N) is 2. The van der Waals surface area contributed by atoms with Gasteiger partial charge in [-0.15, -0.1) is 0 Å². The van der Waals surface area contributed by atoms with E-state index in [1.165, 1.54) is 0 Å². The van der Waals surface area contributed by atoms with E-state index in [2.05, 4.69) is 37.5 Å². The molecule has 102 valence electrons. The second kappa shape index (κ2) is 6.14. The number of likely N-dealkylation sites (N-methyl/N-ethyl adjacent to an activating group) is 1. The first-order valence-electron chi connectivity index (χ1n) is 6.54. The normalized spacial score (nSPS) is 23.6. The molecule has 1 atom stereocenters. The summed E-state index contributed by atoms with van der Waals surface area (Å²) in [6.07, 6.45) is 0.252. The first kappa shape index (κ1) is 14.9. The van der Waals surface area contributed by atoms with E-state index in [0.29, 0.717) is 6.04 Å². The standard InChI is InChI=1S/C13H28N2O2/c1-11(2)15-6-7-17-12(9-15)8-14(5)13(3,4)10-16/h11-12,16H,6-10H2,1-5H3. The average Bonchev–Trinajstić information content (AvgIpc) is 2.29. The van der Waals surface area contributed by atoms with Crippen LogP contribution in [0.4, 0.5) is 0 Å². The minimum Gasteiger partial charge on any atom is -0.394 e. The fourth-order valence-electron chi connectivity index (χ4n) is 1.99. The van der Waals surface area contributed by atoms with Crippen LogP contribution in [-0.4, -0.2) is 72.5 Å². The highest BCUT2D eigenvalue weighted by Crippen LogP contribution is 2.15. The van der Waals surface area contributed by atoms with Crippen molar-refractivity contribution in [2.45, 2.75) is 45.4 Å². The van der Waals surface area contributed by atoms with E-state index < -0.39 is 0 Å². The Kier molecular flexibility index (Phi) is 5.38. The summed E-state index contributed by atoms with van der Waals surface area (Å²) in [7, 11) is 2.05. The Balaban J connectivity index is 2.46. The summed E-state index contributed by atoms with van der Waals surface area (Å²) < 4.78 is 5.80. The topological polar surface area (TPSA) is 35.9 Å². The molecule has 4 nitrogen and oxygen atoms in total. The first-order chi connectivity index (χ1) is 7.86. The van der Waals surface area contributed by atoms with Gasteiger partial charge in [-0.25, -0.2) is 0 Å². The Bertz CT molecular complexity index is 231. The minimum absolute atomic E-state index is 0.171. The maximum atomic E-state index is 9.34. The molecule has 0 radical (unpaired) electrons. The molecule has 0 bridgehead atoms. The maximum absolute atomic E-state index is 9.34. The van der Waals surface area contributed by atoms with Crippen LogP contribution in [0.5, 0.6) is 0 Å². The minimum atomic E-state index is -0.177. The lowest BCUT2D eigenvalue weighted by Crippen LogP contribution is -2.53. The van der Waals surface area contributed by atoms with E-state index in [1.54, 1.807) is 0 Å². The summed E-state index contributed by atoms with van der Waals surface area (Å²) in [6, 6.07) is 0.581. The lowest BCUT2D eigenvalue weighted by Gasteiger charge is -2.40. The number of hydrogen-bond donors (Lipinski definition) is 1. The summed E-state index contributed by atoms with van der Waals surface area (Å²) in [5, 5.41) is 9.34. The fourth-order valence-corrected chi connectivity index (χ4v) is 1.99. The Morgan fingerprint density at radius 1 is 1.47 bits per heavy atom. The van der Waals surface area contributed by atoms with Crippen LogP contribution in [0.1, 0.15) is 27.7 Å². The number of aliphatic hydroxyl groups is 1. The van der Waals surface area contributed by atoms with Crippen LogP contribution in [-0.2, 0) is 4.74 Å². The van der Waals surface area contributed by atoms with Gasteiger partial charge < -0.3 is 9.84 Å². The molecule has 1 saturated heterocycles. The van der Waals surface area contributed by atoms with Crippen LogP contribution in [0.25, 0.3) is 0 Å². The predicted octanol–water partition coefficient (Wildman–Crippen LogP) is 0.798. The molecule has 1 fully saturated rings. The number of rotatable bonds is 5. The van der Waals surface area contributed by atoms with Gasteiger partial charge in [-0.05, 0) is 34.7 Å². The number of aliphatic hydroxyl groups excluding tert-OH is 1. The second-order valence-corrected chi connectivity index (χ2v) is 5.93. The lowest BCUT2D eigenvalue weighted by atomic mass is 10.0. The van der Waals surface area contributed by atoms with E-state index in [4.69, 9.17) is 4.74 Å². The molecule has 1 N–H and O–H groups in total. The van der Waals surface area contributed by atoms with Gasteiger partial charge in [0.2, 0.25) is 0 Å². The third kappa shape index (κ3) is 4.21. The van der Waals surface area contributed by atoms with Gasteiger partial charge >= 0.3 is 0 Å². The molecule has 1 unspecified atom stereocenters. The Morgan fingerprint density at radius 3 is 2.65 bits per heavy atom. The zero-order valence-corrected chi connectivity index (χ0v) is 11.9. The van der Waals surface area contributed by atoms with Gasteiger partial charge in [0, 0.05) is 31.2 Å². The van der Waals surface area contributed by atoms with Crippen LogP contribution in [0, 0.1) is 0 Å². The van der Waals surface area contributed by atoms with Gasteiger partial charge in [0.25, 0.3) is 0 Å². The first-order valence-corrected chi connectivity index (χ1v) is 6.54. The molecular formula is C13H28N2O2. The molecule has 17 heavy (non-hydrogen) atoms. The summed E-state index contributed by atoms with van der Waals surface area (Å²) in [5.41, 5.74) is -0.177. The van der Waals surface area contributed by atoms with Crippen LogP contribution in [0.15, 0.2) is 0 Å². The van der Waals surface area contributed by atoms with Crippen molar-refractivity contribution in [3.8, 4) is 0 Å². The van der Waals surface area contributed by atoms with Gasteiger partial charge in [0.05, 0.1) is 19.3 Å². The molecule has 1 aliphatic heterocycles. The largest absolute Gasteiger partial charge is 0.394 e. The van der Waals surface area contributed by atoms with Crippen LogP contribution < -0.4 is 0 Å². The Morgan fingerprint density at radius 2 is 2.12 bits per heavy atom. The van der Waals surface area contributed by atoms with Crippen molar-refractivity contribution in [3.63, 3.8) is 0 Å². The molecular weight excluding hydrogens is 216 g/mol. The van der Waals surface area contributed by atoms with Gasteiger partial charge in [-0.2, -0.15) is 0 Å². The maximum Gasteiger partial charge on any atom is 0.0829 e. The summed E-state index contributed by atoms with van der Waals surface area (Å²) in [4.78, 5) is 4.63. The van der Waals surface area contributed by atoms with Gasteiger partial charge in [0.1, 0.15) is 0 Å². The predicted molar refractivity (Wildman–Crippen MR) is 70.2 cm³/mol. The fraction of sp³-hybridized carbons (Fsp3) is 1.00. The van der Waals surface area contributed by atoms with E-state index in [-0.39, 0.29) is 18.2 Å². The van der Waals surface area contributed by atoms with Gasteiger partial charge in [-0.3, -0.25) is 9.80 Å². The highest BCUT2D eigenvalue weighted by molar-refractivity contribution is 4.83. The molecule has 0 saturated carbocycles. The van der Waals surface area contributed by atoms with E-state index in [9.17, 15) is 5.11 Å². The molecule has 4 heteroatoms. The van der Waals surface area contributed by atoms with Crippen molar-refractivity contribution in [2.24, 2.45) is 0 Å². The highest BCUT2D eigenvalue weighted by Gasteiger charge is 2.28. The van der Waals surface area contributed by atoms with Gasteiger partial charge in [0.15, 0.2) is 0 Å². The second-order valence-electron chi connectivity index (χ2n) is 5.93. The molecule has 0 aromatic rings. The molecule has 0 amide bonds. The monoisotopic (exact) mass is 244 g/mol. The van der Waals surface area contributed by atoms with Crippen LogP contribution >= 0.6 is 0 Å². The van der Waals surface area contributed by atoms with Crippen molar-refractivity contribution < 1.29 is 9.84 Å². The van der Waals surface area contributed by atoms with Crippen molar-refractivity contribution >= 4 is 0 Å². The van der Waals surface area contributed by atoms with Crippen molar-refractivity contribution in [1.82, 2.24) is 9.80 Å². The zero-order valence-electron chi connectivity index (χ0n) is 11.9. The molecule has 0 aromatic heterocycles. The van der Waals surface area contributed by atoms with E-state index in [0.717, 1.165) is 26.2 Å².